The first-order valence-electron chi connectivity index (χ1n) is 18.4. The Balaban J connectivity index is 1.30. The number of hydrogen-bond donors (Lipinski definition) is 3. The highest BCUT2D eigenvalue weighted by Gasteiger charge is 2.66. The van der Waals surface area contributed by atoms with E-state index < -0.39 is 19.8 Å². The molecule has 274 valence electrons. The summed E-state index contributed by atoms with van der Waals surface area (Å²) in [6, 6.07) is 21.2. The predicted molar refractivity (Wildman–Crippen MR) is 204 cm³/mol. The fraction of sp³-hybridized carbons (Fsp3) is 0.439. The molecule has 52 heavy (non-hydrogen) atoms. The van der Waals surface area contributed by atoms with Gasteiger partial charge in [-0.1, -0.05) is 67.7 Å². The molecule has 4 heterocycles. The van der Waals surface area contributed by atoms with Crippen LogP contribution in [0.4, 0.5) is 11.4 Å². The number of hydrogen-bond acceptors (Lipinski definition) is 7. The summed E-state index contributed by atoms with van der Waals surface area (Å²) in [5.41, 5.74) is 2.69. The Morgan fingerprint density at radius 1 is 1.13 bits per heavy atom. The van der Waals surface area contributed by atoms with E-state index in [1.807, 2.05) is 48.5 Å². The van der Waals surface area contributed by atoms with Gasteiger partial charge in [0.15, 0.2) is 5.60 Å². The lowest BCUT2D eigenvalue weighted by atomic mass is 9.82. The first-order chi connectivity index (χ1) is 25.0. The van der Waals surface area contributed by atoms with E-state index in [1.54, 1.807) is 23.0 Å². The molecular weight excluding hydrogens is 673 g/mol. The van der Waals surface area contributed by atoms with Gasteiger partial charge in [0.2, 0.25) is 11.8 Å². The van der Waals surface area contributed by atoms with Crippen molar-refractivity contribution in [3.63, 3.8) is 0 Å². The molecule has 3 amide bonds. The molecule has 0 unspecified atom stereocenters. The van der Waals surface area contributed by atoms with Crippen molar-refractivity contribution in [2.45, 2.75) is 81.6 Å². The quantitative estimate of drug-likeness (QED) is 0.209. The minimum Gasteiger partial charge on any atom is -0.497 e. The van der Waals surface area contributed by atoms with Crippen LogP contribution >= 0.6 is 0 Å². The smallest absolute Gasteiger partial charge is 0.264 e. The van der Waals surface area contributed by atoms with Crippen molar-refractivity contribution >= 4 is 42.4 Å². The van der Waals surface area contributed by atoms with Gasteiger partial charge in [0.05, 0.1) is 52.1 Å². The number of nitrogens with zero attached hydrogens (tertiary/aromatic N) is 2. The molecule has 0 saturated carbocycles. The summed E-state index contributed by atoms with van der Waals surface area (Å²) in [5.74, 6) is 0.0418. The molecular formula is C41H50N4O6Si. The minimum absolute atomic E-state index is 0.0653. The fourth-order valence-corrected chi connectivity index (χ4v) is 13.4. The maximum absolute atomic E-state index is 14.9. The number of carbonyl (C=O) groups is 3. The molecule has 0 bridgehead atoms. The Hall–Kier alpha value is -4.29. The average molecular weight is 723 g/mol. The fourth-order valence-electron chi connectivity index (χ4n) is 9.37. The van der Waals surface area contributed by atoms with E-state index in [4.69, 9.17) is 9.47 Å². The van der Waals surface area contributed by atoms with Gasteiger partial charge in [0.25, 0.3) is 5.91 Å². The molecule has 0 radical (unpaired) electrons. The highest BCUT2D eigenvalue weighted by Crippen LogP contribution is 2.60. The third kappa shape index (κ3) is 6.07. The molecule has 3 aromatic carbocycles. The summed E-state index contributed by atoms with van der Waals surface area (Å²) in [4.78, 5) is 46.1. The molecule has 3 N–H and O–H groups in total. The second-order valence-corrected chi connectivity index (χ2v) is 20.0. The number of anilines is 2. The third-order valence-corrected chi connectivity index (χ3v) is 16.4. The maximum atomic E-state index is 14.9. The molecule has 7 rings (SSSR count). The van der Waals surface area contributed by atoms with Gasteiger partial charge >= 0.3 is 0 Å². The van der Waals surface area contributed by atoms with Gasteiger partial charge in [-0.2, -0.15) is 0 Å². The molecule has 0 aliphatic carbocycles. The number of aliphatic hydroxyl groups excluding tert-OH is 1. The number of rotatable bonds is 10. The molecule has 10 nitrogen and oxygen atoms in total. The second-order valence-electron chi connectivity index (χ2n) is 15.3. The highest BCUT2D eigenvalue weighted by atomic mass is 28.3. The van der Waals surface area contributed by atoms with Crippen LogP contribution in [-0.2, 0) is 37.7 Å². The van der Waals surface area contributed by atoms with Crippen LogP contribution in [0.3, 0.4) is 0 Å². The summed E-state index contributed by atoms with van der Waals surface area (Å²) in [7, 11) is -0.873. The van der Waals surface area contributed by atoms with Crippen LogP contribution in [-0.4, -0.2) is 80.8 Å². The van der Waals surface area contributed by atoms with Crippen molar-refractivity contribution in [3.05, 3.63) is 96.1 Å². The molecule has 4 aliphatic heterocycles. The number of amides is 3. The Labute approximate surface area is 307 Å². The van der Waals surface area contributed by atoms with Crippen molar-refractivity contribution < 1.29 is 29.0 Å². The van der Waals surface area contributed by atoms with E-state index in [9.17, 15) is 19.5 Å². The van der Waals surface area contributed by atoms with E-state index in [-0.39, 0.29) is 54.3 Å². The first-order valence-corrected chi connectivity index (χ1v) is 21.5. The van der Waals surface area contributed by atoms with Crippen LogP contribution in [0, 0.1) is 5.92 Å². The second kappa shape index (κ2) is 14.3. The zero-order chi connectivity index (χ0) is 36.8. The predicted octanol–water partition coefficient (Wildman–Crippen LogP) is 4.47. The lowest BCUT2D eigenvalue weighted by Gasteiger charge is -2.39. The van der Waals surface area contributed by atoms with Crippen LogP contribution in [0.25, 0.3) is 0 Å². The van der Waals surface area contributed by atoms with E-state index in [0.29, 0.717) is 30.8 Å². The molecule has 0 aromatic heterocycles. The minimum atomic E-state index is -2.52. The Bertz CT molecular complexity index is 1860. The van der Waals surface area contributed by atoms with Gasteiger partial charge in [0.1, 0.15) is 5.75 Å². The summed E-state index contributed by atoms with van der Waals surface area (Å²) in [6.07, 6.45) is 3.47. The van der Waals surface area contributed by atoms with Gasteiger partial charge in [0, 0.05) is 30.3 Å². The average Bonchev–Trinajstić information content (AvgIpc) is 3.85. The number of nitrogens with one attached hydrogen (secondary N) is 2. The van der Waals surface area contributed by atoms with Crippen LogP contribution in [0.5, 0.6) is 5.75 Å². The van der Waals surface area contributed by atoms with Crippen LogP contribution in [0.1, 0.15) is 42.9 Å². The SMILES string of the molecule is C=CCN1C(=O)[C@@]2(O[C@@H](CC(=O)N3Cc4ccccc4C[C@H]3CO)[C@H]([Si](C)(C)c3ccc(OC)cc3)[C@H]2C)c2cc(NC(=O)[C@H]3CCCN3)ccc21. The number of ether oxygens (including phenoxy) is 2. The maximum Gasteiger partial charge on any atom is 0.264 e. The largest absolute Gasteiger partial charge is 0.497 e. The zero-order valence-electron chi connectivity index (χ0n) is 30.6. The van der Waals surface area contributed by atoms with Crippen molar-refractivity contribution in [1.29, 1.82) is 0 Å². The van der Waals surface area contributed by atoms with E-state index in [1.165, 1.54) is 5.19 Å². The van der Waals surface area contributed by atoms with E-state index in [2.05, 4.69) is 55.4 Å². The highest BCUT2D eigenvalue weighted by molar-refractivity contribution is 6.91. The number of carbonyl (C=O) groups excluding carboxylic acids is 3. The molecule has 2 fully saturated rings. The summed E-state index contributed by atoms with van der Waals surface area (Å²) in [5, 5.41) is 18.0. The van der Waals surface area contributed by atoms with Crippen LogP contribution in [0.15, 0.2) is 79.4 Å². The molecule has 2 saturated heterocycles. The van der Waals surface area contributed by atoms with Crippen LogP contribution in [0.2, 0.25) is 18.6 Å². The summed E-state index contributed by atoms with van der Waals surface area (Å²) in [6.45, 7) is 12.0. The van der Waals surface area contributed by atoms with Crippen molar-refractivity contribution in [2.24, 2.45) is 5.92 Å². The number of benzene rings is 3. The first kappa shape index (κ1) is 36.1. The Morgan fingerprint density at radius 3 is 2.56 bits per heavy atom. The van der Waals surface area contributed by atoms with Crippen molar-refractivity contribution in [1.82, 2.24) is 10.2 Å². The van der Waals surface area contributed by atoms with Crippen LogP contribution < -0.4 is 25.5 Å². The van der Waals surface area contributed by atoms with Crippen molar-refractivity contribution in [2.75, 3.05) is 37.0 Å². The lowest BCUT2D eigenvalue weighted by molar-refractivity contribution is -0.150. The van der Waals surface area contributed by atoms with Gasteiger partial charge in [-0.15, -0.1) is 6.58 Å². The molecule has 4 aliphatic rings. The number of aliphatic hydroxyl groups is 1. The molecule has 6 atom stereocenters. The van der Waals surface area contributed by atoms with Gasteiger partial charge in [-0.3, -0.25) is 14.4 Å². The monoisotopic (exact) mass is 722 g/mol. The third-order valence-electron chi connectivity index (χ3n) is 12.1. The van der Waals surface area contributed by atoms with E-state index in [0.717, 1.165) is 42.0 Å². The zero-order valence-corrected chi connectivity index (χ0v) is 31.6. The normalized spacial score (nSPS) is 26.7. The number of methoxy groups -OCH3 is 1. The number of fused-ring (bicyclic) bond motifs is 3. The topological polar surface area (TPSA) is 120 Å². The molecule has 11 heteroatoms. The van der Waals surface area contributed by atoms with E-state index >= 15 is 0 Å². The van der Waals surface area contributed by atoms with Crippen molar-refractivity contribution in [3.8, 4) is 5.75 Å². The van der Waals surface area contributed by atoms with Gasteiger partial charge in [-0.05, 0) is 72.8 Å². The molecule has 3 aromatic rings. The Morgan fingerprint density at radius 2 is 1.88 bits per heavy atom. The van der Waals surface area contributed by atoms with Gasteiger partial charge in [-0.25, -0.2) is 0 Å². The standard InChI is InChI=1S/C41H50N4O6Si/c1-6-20-44-35-18-13-29(43-39(48)34-12-9-19-42-34)22-33(35)41(40(44)49)26(2)38(52(4,5)32-16-14-31(50-3)15-17-32)36(51-41)23-37(47)45-24-28-11-8-7-10-27(28)21-30(45)25-46/h6-8,10-11,13-18,22,26,30,34,36,38,42,46H,1,9,12,19-21,23-25H2,2-5H3,(H,43,48)/t26-,30+,34-,36+,38-,41+/m1/s1. The van der Waals surface area contributed by atoms with Gasteiger partial charge < -0.3 is 35.0 Å². The summed E-state index contributed by atoms with van der Waals surface area (Å²) < 4.78 is 12.7. The Kier molecular flexibility index (Phi) is 9.90. The summed E-state index contributed by atoms with van der Waals surface area (Å²) >= 11 is 0. The lowest BCUT2D eigenvalue weighted by Crippen LogP contribution is -2.52. The molecule has 1 spiro atoms.